The van der Waals surface area contributed by atoms with Gasteiger partial charge in [0, 0.05) is 5.69 Å². The molecular weight excluding hydrogens is 238 g/mol. The molecule has 0 radical (unpaired) electrons. The smallest absolute Gasteiger partial charge is 0.234 e. The summed E-state index contributed by atoms with van der Waals surface area (Å²) in [4.78, 5) is 14.1. The van der Waals surface area contributed by atoms with Crippen LogP contribution in [-0.4, -0.2) is 23.7 Å². The van der Waals surface area contributed by atoms with Crippen LogP contribution in [0.15, 0.2) is 30.3 Å². The maximum atomic E-state index is 12.2. The number of aliphatic hydroxyl groups excluding tert-OH is 1. The van der Waals surface area contributed by atoms with E-state index in [4.69, 9.17) is 0 Å². The highest BCUT2D eigenvalue weighted by atomic mass is 16.3. The molecule has 0 unspecified atom stereocenters. The normalized spacial score (nSPS) is 28.3. The Labute approximate surface area is 114 Å². The number of rotatable bonds is 3. The Balaban J connectivity index is 1.83. The molecule has 2 aliphatic rings. The molecule has 2 fully saturated rings. The summed E-state index contributed by atoms with van der Waals surface area (Å²) < 4.78 is 0. The lowest BCUT2D eigenvalue weighted by Gasteiger charge is -2.51. The third-order valence-corrected chi connectivity index (χ3v) is 4.63. The van der Waals surface area contributed by atoms with E-state index in [0.717, 1.165) is 5.69 Å². The third-order valence-electron chi connectivity index (χ3n) is 4.63. The van der Waals surface area contributed by atoms with E-state index in [2.05, 4.69) is 0 Å². The van der Waals surface area contributed by atoms with E-state index < -0.39 is 0 Å². The van der Waals surface area contributed by atoms with Crippen LogP contribution in [-0.2, 0) is 4.79 Å². The molecule has 1 amide bonds. The zero-order chi connectivity index (χ0) is 13.2. The standard InChI is InChI=1S/C16H21NO2/c18-11-14-15(12-7-3-1-4-8-12)17(16(14)19)13-9-5-2-6-10-13/h2,5-6,9-10,12,14-15,18H,1,3-4,7-8,11H2/t14-,15+/m1/s1. The fourth-order valence-corrected chi connectivity index (χ4v) is 3.66. The zero-order valence-electron chi connectivity index (χ0n) is 11.2. The average Bonchev–Trinajstić information content (AvgIpc) is 2.47. The Kier molecular flexibility index (Phi) is 3.56. The second kappa shape index (κ2) is 5.33. The van der Waals surface area contributed by atoms with Gasteiger partial charge < -0.3 is 10.0 Å². The molecule has 1 saturated carbocycles. The molecule has 1 aliphatic heterocycles. The van der Waals surface area contributed by atoms with Gasteiger partial charge in [0.2, 0.25) is 5.91 Å². The van der Waals surface area contributed by atoms with Gasteiger partial charge in [-0.2, -0.15) is 0 Å². The highest BCUT2D eigenvalue weighted by Gasteiger charge is 2.50. The Morgan fingerprint density at radius 3 is 2.42 bits per heavy atom. The molecule has 3 heteroatoms. The molecule has 0 aromatic heterocycles. The number of aliphatic hydroxyl groups is 1. The number of benzene rings is 1. The van der Waals surface area contributed by atoms with E-state index in [0.29, 0.717) is 5.92 Å². The van der Waals surface area contributed by atoms with Gasteiger partial charge in [0.1, 0.15) is 0 Å². The van der Waals surface area contributed by atoms with E-state index in [1.807, 2.05) is 35.2 Å². The van der Waals surface area contributed by atoms with Crippen LogP contribution in [0.4, 0.5) is 5.69 Å². The molecular formula is C16H21NO2. The zero-order valence-corrected chi connectivity index (χ0v) is 11.2. The molecule has 3 rings (SSSR count). The maximum Gasteiger partial charge on any atom is 0.234 e. The number of carbonyl (C=O) groups excluding carboxylic acids is 1. The number of para-hydroxylation sites is 1. The third kappa shape index (κ3) is 2.16. The largest absolute Gasteiger partial charge is 0.395 e. The van der Waals surface area contributed by atoms with Crippen molar-refractivity contribution in [3.05, 3.63) is 30.3 Å². The van der Waals surface area contributed by atoms with E-state index in [1.54, 1.807) is 0 Å². The summed E-state index contributed by atoms with van der Waals surface area (Å²) in [5.41, 5.74) is 0.979. The van der Waals surface area contributed by atoms with E-state index in [9.17, 15) is 9.90 Å². The number of amides is 1. The first-order valence-electron chi connectivity index (χ1n) is 7.32. The van der Waals surface area contributed by atoms with Crippen LogP contribution in [0.25, 0.3) is 0 Å². The predicted molar refractivity (Wildman–Crippen MR) is 74.9 cm³/mol. The number of β-lactam (4-membered cyclic amide) rings is 1. The lowest BCUT2D eigenvalue weighted by molar-refractivity contribution is -0.134. The second-order valence-corrected chi connectivity index (χ2v) is 5.72. The van der Waals surface area contributed by atoms with Crippen molar-refractivity contribution >= 4 is 11.6 Å². The van der Waals surface area contributed by atoms with Gasteiger partial charge >= 0.3 is 0 Å². The molecule has 1 saturated heterocycles. The highest BCUT2D eigenvalue weighted by molar-refractivity contribution is 6.03. The highest BCUT2D eigenvalue weighted by Crippen LogP contribution is 2.41. The monoisotopic (exact) mass is 259 g/mol. The summed E-state index contributed by atoms with van der Waals surface area (Å²) in [5, 5.41) is 9.47. The average molecular weight is 259 g/mol. The number of carbonyl (C=O) groups is 1. The van der Waals surface area contributed by atoms with Crippen LogP contribution < -0.4 is 4.90 Å². The first-order chi connectivity index (χ1) is 9.33. The fourth-order valence-electron chi connectivity index (χ4n) is 3.66. The van der Waals surface area contributed by atoms with Gasteiger partial charge in [0.15, 0.2) is 0 Å². The van der Waals surface area contributed by atoms with Crippen molar-refractivity contribution in [2.75, 3.05) is 11.5 Å². The van der Waals surface area contributed by atoms with Crippen molar-refractivity contribution in [2.45, 2.75) is 38.1 Å². The first-order valence-corrected chi connectivity index (χ1v) is 7.32. The van der Waals surface area contributed by atoms with E-state index in [-0.39, 0.29) is 24.5 Å². The van der Waals surface area contributed by atoms with Crippen LogP contribution in [0.3, 0.4) is 0 Å². The van der Waals surface area contributed by atoms with Crippen LogP contribution in [0.2, 0.25) is 0 Å². The van der Waals surface area contributed by atoms with Crippen LogP contribution in [0.1, 0.15) is 32.1 Å². The quantitative estimate of drug-likeness (QED) is 0.848. The summed E-state index contributed by atoms with van der Waals surface area (Å²) in [6.07, 6.45) is 6.22. The van der Waals surface area contributed by atoms with Gasteiger partial charge in [0.05, 0.1) is 18.6 Å². The Morgan fingerprint density at radius 2 is 1.79 bits per heavy atom. The molecule has 1 N–H and O–H groups in total. The molecule has 102 valence electrons. The van der Waals surface area contributed by atoms with Crippen molar-refractivity contribution < 1.29 is 9.90 Å². The molecule has 1 aromatic rings. The number of anilines is 1. The summed E-state index contributed by atoms with van der Waals surface area (Å²) >= 11 is 0. The second-order valence-electron chi connectivity index (χ2n) is 5.72. The van der Waals surface area contributed by atoms with Gasteiger partial charge in [-0.3, -0.25) is 4.79 Å². The van der Waals surface area contributed by atoms with Crippen LogP contribution in [0, 0.1) is 11.8 Å². The molecule has 0 spiro atoms. The van der Waals surface area contributed by atoms with Crippen molar-refractivity contribution in [3.63, 3.8) is 0 Å². The molecule has 1 aromatic carbocycles. The first kappa shape index (κ1) is 12.7. The topological polar surface area (TPSA) is 40.5 Å². The minimum absolute atomic E-state index is 0.0106. The Bertz CT molecular complexity index is 439. The Morgan fingerprint density at radius 1 is 1.11 bits per heavy atom. The van der Waals surface area contributed by atoms with Crippen LogP contribution in [0.5, 0.6) is 0 Å². The summed E-state index contributed by atoms with van der Waals surface area (Å²) in [6.45, 7) is -0.0106. The minimum atomic E-state index is -0.177. The van der Waals surface area contributed by atoms with E-state index >= 15 is 0 Å². The van der Waals surface area contributed by atoms with E-state index in [1.165, 1.54) is 32.1 Å². The lowest BCUT2D eigenvalue weighted by atomic mass is 9.72. The number of nitrogens with zero attached hydrogens (tertiary/aromatic N) is 1. The number of hydrogen-bond donors (Lipinski definition) is 1. The van der Waals surface area contributed by atoms with Gasteiger partial charge in [0.25, 0.3) is 0 Å². The van der Waals surface area contributed by atoms with Crippen molar-refractivity contribution in [1.29, 1.82) is 0 Å². The number of hydrogen-bond acceptors (Lipinski definition) is 2. The van der Waals surface area contributed by atoms with Crippen molar-refractivity contribution in [1.82, 2.24) is 0 Å². The van der Waals surface area contributed by atoms with Gasteiger partial charge in [-0.15, -0.1) is 0 Å². The predicted octanol–water partition coefficient (Wildman–Crippen LogP) is 2.59. The maximum absolute atomic E-state index is 12.2. The molecule has 2 atom stereocenters. The van der Waals surface area contributed by atoms with Gasteiger partial charge in [-0.1, -0.05) is 37.5 Å². The molecule has 3 nitrogen and oxygen atoms in total. The Hall–Kier alpha value is -1.35. The summed E-state index contributed by atoms with van der Waals surface area (Å²) in [6, 6.07) is 10.1. The molecule has 19 heavy (non-hydrogen) atoms. The van der Waals surface area contributed by atoms with Crippen molar-refractivity contribution in [3.8, 4) is 0 Å². The van der Waals surface area contributed by atoms with Gasteiger partial charge in [-0.05, 0) is 30.9 Å². The fraction of sp³-hybridized carbons (Fsp3) is 0.562. The lowest BCUT2D eigenvalue weighted by Crippen LogP contribution is -2.65. The molecule has 1 aliphatic carbocycles. The van der Waals surface area contributed by atoms with Crippen LogP contribution >= 0.6 is 0 Å². The molecule has 1 heterocycles. The summed E-state index contributed by atoms with van der Waals surface area (Å²) in [7, 11) is 0. The molecule has 0 bridgehead atoms. The SMILES string of the molecule is O=C1[C@H](CO)[C@H](C2CCCCC2)N1c1ccccc1. The summed E-state index contributed by atoms with van der Waals surface area (Å²) in [5.74, 6) is 0.469. The minimum Gasteiger partial charge on any atom is -0.395 e. The van der Waals surface area contributed by atoms with Crippen molar-refractivity contribution in [2.24, 2.45) is 11.8 Å². The van der Waals surface area contributed by atoms with Gasteiger partial charge in [-0.25, -0.2) is 0 Å².